The van der Waals surface area contributed by atoms with Crippen molar-refractivity contribution in [3.05, 3.63) is 41.3 Å². The van der Waals surface area contributed by atoms with E-state index in [0.29, 0.717) is 22.8 Å². The molecule has 0 radical (unpaired) electrons. The van der Waals surface area contributed by atoms with E-state index < -0.39 is 5.82 Å². The molecule has 0 amide bonds. The van der Waals surface area contributed by atoms with Gasteiger partial charge in [-0.3, -0.25) is 0 Å². The van der Waals surface area contributed by atoms with Crippen molar-refractivity contribution in [2.75, 3.05) is 14.2 Å². The first-order valence-corrected chi connectivity index (χ1v) is 5.57. The van der Waals surface area contributed by atoms with Crippen LogP contribution in [0, 0.1) is 5.82 Å². The van der Waals surface area contributed by atoms with Crippen molar-refractivity contribution in [3.63, 3.8) is 0 Å². The molecule has 2 aromatic rings. The number of methoxy groups -OCH3 is 2. The molecule has 0 unspecified atom stereocenters. The number of benzene rings is 1. The number of aromatic nitrogens is 1. The zero-order chi connectivity index (χ0) is 13.1. The van der Waals surface area contributed by atoms with Crippen LogP contribution in [-0.2, 0) is 0 Å². The van der Waals surface area contributed by atoms with Crippen molar-refractivity contribution in [3.8, 4) is 22.8 Å². The third kappa shape index (κ3) is 2.24. The summed E-state index contributed by atoms with van der Waals surface area (Å²) in [4.78, 5) is 4.00. The van der Waals surface area contributed by atoms with Crippen LogP contribution in [0.25, 0.3) is 11.1 Å². The SMILES string of the molecule is COc1cc(-c2cccc(Cl)c2F)c(OC)cn1. The monoisotopic (exact) mass is 267 g/mol. The average Bonchev–Trinajstić information content (AvgIpc) is 2.41. The van der Waals surface area contributed by atoms with Crippen LogP contribution in [0.2, 0.25) is 5.02 Å². The second-order valence-corrected chi connectivity index (χ2v) is 3.94. The Labute approximate surface area is 109 Å². The summed E-state index contributed by atoms with van der Waals surface area (Å²) in [5, 5.41) is 0.0605. The molecule has 1 aromatic heterocycles. The predicted octanol–water partition coefficient (Wildman–Crippen LogP) is 3.56. The maximum Gasteiger partial charge on any atom is 0.213 e. The smallest absolute Gasteiger partial charge is 0.213 e. The molecule has 0 aliphatic carbocycles. The van der Waals surface area contributed by atoms with E-state index in [2.05, 4.69) is 4.98 Å². The topological polar surface area (TPSA) is 31.4 Å². The molecule has 0 spiro atoms. The van der Waals surface area contributed by atoms with Gasteiger partial charge in [0, 0.05) is 17.2 Å². The van der Waals surface area contributed by atoms with Gasteiger partial charge >= 0.3 is 0 Å². The maximum absolute atomic E-state index is 14.0. The summed E-state index contributed by atoms with van der Waals surface area (Å²) in [6, 6.07) is 6.39. The lowest BCUT2D eigenvalue weighted by Gasteiger charge is -2.11. The molecule has 94 valence electrons. The highest BCUT2D eigenvalue weighted by molar-refractivity contribution is 6.31. The van der Waals surface area contributed by atoms with Gasteiger partial charge in [0.2, 0.25) is 5.88 Å². The Morgan fingerprint density at radius 3 is 2.61 bits per heavy atom. The molecule has 5 heteroatoms. The first kappa shape index (κ1) is 12.6. The van der Waals surface area contributed by atoms with E-state index in [1.54, 1.807) is 18.2 Å². The van der Waals surface area contributed by atoms with Crippen molar-refractivity contribution < 1.29 is 13.9 Å². The van der Waals surface area contributed by atoms with E-state index >= 15 is 0 Å². The molecule has 0 atom stereocenters. The van der Waals surface area contributed by atoms with Crippen molar-refractivity contribution in [2.24, 2.45) is 0 Å². The van der Waals surface area contributed by atoms with Gasteiger partial charge in [0.15, 0.2) is 0 Å². The van der Waals surface area contributed by atoms with Crippen molar-refractivity contribution in [1.29, 1.82) is 0 Å². The van der Waals surface area contributed by atoms with E-state index in [9.17, 15) is 4.39 Å². The van der Waals surface area contributed by atoms with Gasteiger partial charge in [-0.05, 0) is 6.07 Å². The standard InChI is InChI=1S/C13H11ClFNO2/c1-17-11-7-16-12(18-2)6-9(11)8-4-3-5-10(14)13(8)15/h3-7H,1-2H3. The Balaban J connectivity index is 2.64. The Hall–Kier alpha value is -1.81. The summed E-state index contributed by atoms with van der Waals surface area (Å²) >= 11 is 5.77. The maximum atomic E-state index is 14.0. The summed E-state index contributed by atoms with van der Waals surface area (Å²) in [6.07, 6.45) is 1.48. The average molecular weight is 268 g/mol. The molecular weight excluding hydrogens is 257 g/mol. The number of hydrogen-bond acceptors (Lipinski definition) is 3. The highest BCUT2D eigenvalue weighted by Crippen LogP contribution is 2.35. The Bertz CT molecular complexity index is 575. The Kier molecular flexibility index (Phi) is 3.67. The highest BCUT2D eigenvalue weighted by atomic mass is 35.5. The van der Waals surface area contributed by atoms with Gasteiger partial charge in [-0.15, -0.1) is 0 Å². The predicted molar refractivity (Wildman–Crippen MR) is 67.7 cm³/mol. The molecule has 0 bridgehead atoms. The second kappa shape index (κ2) is 5.23. The molecule has 1 aromatic carbocycles. The number of hydrogen-bond donors (Lipinski definition) is 0. The van der Waals surface area contributed by atoms with Gasteiger partial charge in [0.25, 0.3) is 0 Å². The summed E-state index contributed by atoms with van der Waals surface area (Å²) in [5.74, 6) is 0.341. The number of nitrogens with zero attached hydrogens (tertiary/aromatic N) is 1. The lowest BCUT2D eigenvalue weighted by Crippen LogP contribution is -1.95. The van der Waals surface area contributed by atoms with Crippen molar-refractivity contribution >= 4 is 11.6 Å². The molecule has 0 fully saturated rings. The van der Waals surface area contributed by atoms with Crippen LogP contribution in [-0.4, -0.2) is 19.2 Å². The largest absolute Gasteiger partial charge is 0.494 e. The fraction of sp³-hybridized carbons (Fsp3) is 0.154. The van der Waals surface area contributed by atoms with Crippen LogP contribution in [0.5, 0.6) is 11.6 Å². The van der Waals surface area contributed by atoms with Gasteiger partial charge in [0.05, 0.1) is 25.4 Å². The van der Waals surface area contributed by atoms with Crippen LogP contribution in [0.15, 0.2) is 30.5 Å². The number of pyridine rings is 1. The molecule has 0 saturated heterocycles. The molecule has 18 heavy (non-hydrogen) atoms. The third-order valence-corrected chi connectivity index (χ3v) is 2.81. The molecule has 2 rings (SSSR count). The minimum absolute atomic E-state index is 0.0605. The van der Waals surface area contributed by atoms with Gasteiger partial charge < -0.3 is 9.47 Å². The molecule has 0 saturated carbocycles. The van der Waals surface area contributed by atoms with Crippen LogP contribution < -0.4 is 9.47 Å². The number of halogens is 2. The van der Waals surface area contributed by atoms with E-state index in [0.717, 1.165) is 0 Å². The summed E-state index contributed by atoms with van der Waals surface area (Å²) < 4.78 is 24.2. The second-order valence-electron chi connectivity index (χ2n) is 3.53. The molecule has 0 aliphatic rings. The summed E-state index contributed by atoms with van der Waals surface area (Å²) in [6.45, 7) is 0. The van der Waals surface area contributed by atoms with E-state index in [1.165, 1.54) is 26.5 Å². The number of rotatable bonds is 3. The molecule has 3 nitrogen and oxygen atoms in total. The minimum Gasteiger partial charge on any atom is -0.494 e. The van der Waals surface area contributed by atoms with Crippen LogP contribution in [0.3, 0.4) is 0 Å². The third-order valence-electron chi connectivity index (χ3n) is 2.51. The van der Waals surface area contributed by atoms with Gasteiger partial charge in [-0.25, -0.2) is 9.37 Å². The lowest BCUT2D eigenvalue weighted by atomic mass is 10.1. The normalized spacial score (nSPS) is 10.2. The quantitative estimate of drug-likeness (QED) is 0.852. The molecule has 0 aliphatic heterocycles. The zero-order valence-corrected chi connectivity index (χ0v) is 10.7. The van der Waals surface area contributed by atoms with Gasteiger partial charge in [0.1, 0.15) is 11.6 Å². The van der Waals surface area contributed by atoms with E-state index in [-0.39, 0.29) is 5.02 Å². The minimum atomic E-state index is -0.495. The van der Waals surface area contributed by atoms with Gasteiger partial charge in [-0.1, -0.05) is 23.7 Å². The first-order chi connectivity index (χ1) is 8.67. The molecular formula is C13H11ClFNO2. The molecule has 0 N–H and O–H groups in total. The zero-order valence-electron chi connectivity index (χ0n) is 9.91. The van der Waals surface area contributed by atoms with Gasteiger partial charge in [-0.2, -0.15) is 0 Å². The van der Waals surface area contributed by atoms with Crippen molar-refractivity contribution in [2.45, 2.75) is 0 Å². The van der Waals surface area contributed by atoms with Crippen LogP contribution >= 0.6 is 11.6 Å². The molecule has 1 heterocycles. The van der Waals surface area contributed by atoms with Crippen LogP contribution in [0.1, 0.15) is 0 Å². The van der Waals surface area contributed by atoms with Crippen molar-refractivity contribution in [1.82, 2.24) is 4.98 Å². The summed E-state index contributed by atoms with van der Waals surface area (Å²) in [5.41, 5.74) is 0.893. The lowest BCUT2D eigenvalue weighted by molar-refractivity contribution is 0.388. The first-order valence-electron chi connectivity index (χ1n) is 5.19. The highest BCUT2D eigenvalue weighted by Gasteiger charge is 2.14. The Morgan fingerprint density at radius 1 is 1.17 bits per heavy atom. The fourth-order valence-corrected chi connectivity index (χ4v) is 1.79. The Morgan fingerprint density at radius 2 is 1.94 bits per heavy atom. The summed E-state index contributed by atoms with van der Waals surface area (Å²) in [7, 11) is 2.99. The van der Waals surface area contributed by atoms with E-state index in [4.69, 9.17) is 21.1 Å². The number of ether oxygens (including phenoxy) is 2. The van der Waals surface area contributed by atoms with E-state index in [1.807, 2.05) is 0 Å². The van der Waals surface area contributed by atoms with Crippen LogP contribution in [0.4, 0.5) is 4.39 Å². The fourth-order valence-electron chi connectivity index (χ4n) is 1.62.